The van der Waals surface area contributed by atoms with Gasteiger partial charge in [0.2, 0.25) is 0 Å². The molecule has 0 fully saturated rings. The predicted molar refractivity (Wildman–Crippen MR) is 203 cm³/mol. The predicted octanol–water partition coefficient (Wildman–Crippen LogP) is 10.6. The maximum Gasteiger partial charge on any atom is 0.161 e. The molecule has 248 valence electrons. The van der Waals surface area contributed by atoms with E-state index in [2.05, 4.69) is 155 Å². The second-order valence-electron chi connectivity index (χ2n) is 17.6. The number of phenolic OH excluding ortho intramolecular Hbond substituents is 1. The third kappa shape index (κ3) is 6.80. The van der Waals surface area contributed by atoms with Crippen LogP contribution in [0.2, 0.25) is 19.6 Å². The first kappa shape index (κ1) is 34.6. The Morgan fingerprint density at radius 2 is 1.32 bits per heavy atom. The van der Waals surface area contributed by atoms with Crippen LogP contribution in [-0.4, -0.2) is 32.7 Å². The lowest BCUT2D eigenvalue weighted by molar-refractivity contribution is 0.445. The summed E-state index contributed by atoms with van der Waals surface area (Å²) in [6, 6.07) is 17.7. The maximum atomic E-state index is 11.9. The van der Waals surface area contributed by atoms with Gasteiger partial charge in [0, 0.05) is 35.1 Å². The fourth-order valence-corrected chi connectivity index (χ4v) is 7.12. The average Bonchev–Trinajstić information content (AvgIpc) is 3.35. The van der Waals surface area contributed by atoms with Crippen molar-refractivity contribution >= 4 is 24.4 Å². The summed E-state index contributed by atoms with van der Waals surface area (Å²) in [6.45, 7) is 31.2. The molecule has 1 N–H and O–H groups in total. The first-order chi connectivity index (χ1) is 21.6. The van der Waals surface area contributed by atoms with E-state index >= 15 is 0 Å². The number of hydrogen-bond acceptors (Lipinski definition) is 4. The molecule has 5 rings (SSSR count). The highest BCUT2D eigenvalue weighted by atomic mass is 28.3. The third-order valence-corrected chi connectivity index (χ3v) is 11.2. The maximum absolute atomic E-state index is 11.9. The summed E-state index contributed by atoms with van der Waals surface area (Å²) < 4.78 is 2.18. The highest BCUT2D eigenvalue weighted by Crippen LogP contribution is 2.44. The molecule has 0 unspecified atom stereocenters. The zero-order chi connectivity index (χ0) is 34.9. The van der Waals surface area contributed by atoms with Gasteiger partial charge in [0.15, 0.2) is 5.65 Å². The monoisotopic (exact) mass is 646 g/mol. The van der Waals surface area contributed by atoms with E-state index in [4.69, 9.17) is 15.0 Å². The van der Waals surface area contributed by atoms with Gasteiger partial charge in [0.25, 0.3) is 0 Å². The molecule has 3 heterocycles. The van der Waals surface area contributed by atoms with Crippen molar-refractivity contribution in [2.24, 2.45) is 0 Å². The molecule has 5 aromatic rings. The lowest BCUT2D eigenvalue weighted by Gasteiger charge is -2.27. The molecule has 0 aliphatic carbocycles. The van der Waals surface area contributed by atoms with Crippen LogP contribution in [0.3, 0.4) is 0 Å². The van der Waals surface area contributed by atoms with Gasteiger partial charge in [-0.1, -0.05) is 100 Å². The first-order valence-corrected chi connectivity index (χ1v) is 20.5. The summed E-state index contributed by atoms with van der Waals surface area (Å²) >= 11 is 0. The zero-order valence-electron chi connectivity index (χ0n) is 31.1. The van der Waals surface area contributed by atoms with Crippen LogP contribution >= 0.6 is 0 Å². The van der Waals surface area contributed by atoms with E-state index in [0.717, 1.165) is 50.5 Å². The van der Waals surface area contributed by atoms with Crippen LogP contribution in [0.1, 0.15) is 98.9 Å². The molecule has 0 amide bonds. The second kappa shape index (κ2) is 11.7. The van der Waals surface area contributed by atoms with Gasteiger partial charge in [-0.25, -0.2) is 9.97 Å². The van der Waals surface area contributed by atoms with Crippen molar-refractivity contribution in [3.8, 4) is 39.5 Å². The van der Waals surface area contributed by atoms with Gasteiger partial charge in [0.1, 0.15) is 17.1 Å². The van der Waals surface area contributed by atoms with Crippen molar-refractivity contribution in [3.05, 3.63) is 77.6 Å². The lowest BCUT2D eigenvalue weighted by Crippen LogP contribution is -2.37. The van der Waals surface area contributed by atoms with Crippen LogP contribution in [0, 0.1) is 0 Å². The van der Waals surface area contributed by atoms with Crippen molar-refractivity contribution in [2.75, 3.05) is 0 Å². The molecule has 47 heavy (non-hydrogen) atoms. The Hall–Kier alpha value is -3.77. The van der Waals surface area contributed by atoms with Crippen LogP contribution in [0.5, 0.6) is 5.75 Å². The number of phenols is 1. The third-order valence-electron chi connectivity index (χ3n) is 9.16. The van der Waals surface area contributed by atoms with Gasteiger partial charge >= 0.3 is 0 Å². The number of benzene rings is 2. The molecule has 0 saturated carbocycles. The minimum atomic E-state index is -1.46. The molecule has 2 aromatic carbocycles. The second-order valence-corrected chi connectivity index (χ2v) is 22.7. The molecule has 0 saturated heterocycles. The number of aromatic hydroxyl groups is 1. The minimum absolute atomic E-state index is 0.0686. The van der Waals surface area contributed by atoms with E-state index < -0.39 is 8.07 Å². The highest BCUT2D eigenvalue weighted by molar-refractivity contribution is 6.88. The van der Waals surface area contributed by atoms with Gasteiger partial charge in [-0.15, -0.1) is 0 Å². The first-order valence-electron chi connectivity index (χ1n) is 17.0. The van der Waals surface area contributed by atoms with Crippen LogP contribution in [-0.2, 0) is 16.2 Å². The Labute approximate surface area is 283 Å². The van der Waals surface area contributed by atoms with E-state index in [1.54, 1.807) is 0 Å². The van der Waals surface area contributed by atoms with E-state index in [-0.39, 0.29) is 28.0 Å². The summed E-state index contributed by atoms with van der Waals surface area (Å²) in [5.74, 6) is 1.02. The molecule has 0 atom stereocenters. The van der Waals surface area contributed by atoms with E-state index in [9.17, 15) is 5.11 Å². The van der Waals surface area contributed by atoms with E-state index in [1.807, 2.05) is 6.20 Å². The standard InChI is InChI=1S/C41H54N4OSi/c1-25(2)45-37(32-22-29(40(6,7)8)23-33(36(32)46)41(9,10)11)44-35-31(17-18-42-38(35)45)26-19-27(21-28(20-26)39(3,4)5)34-16-15-30(24-43-34)47(12,13)14/h15-25,46H,1-14H3. The van der Waals surface area contributed by atoms with Crippen molar-refractivity contribution < 1.29 is 5.11 Å². The topological polar surface area (TPSA) is 63.8 Å². The number of rotatable bonds is 5. The Bertz CT molecular complexity index is 1940. The van der Waals surface area contributed by atoms with Crippen molar-refractivity contribution in [2.45, 2.75) is 118 Å². The molecule has 0 aliphatic heterocycles. The van der Waals surface area contributed by atoms with Crippen molar-refractivity contribution in [1.29, 1.82) is 0 Å². The summed E-state index contributed by atoms with van der Waals surface area (Å²) in [6.07, 6.45) is 3.95. The van der Waals surface area contributed by atoms with Crippen LogP contribution in [0.25, 0.3) is 44.9 Å². The van der Waals surface area contributed by atoms with Gasteiger partial charge in [-0.05, 0) is 82.3 Å². The largest absolute Gasteiger partial charge is 0.507 e. The van der Waals surface area contributed by atoms with Gasteiger partial charge < -0.3 is 9.67 Å². The van der Waals surface area contributed by atoms with Crippen LogP contribution < -0.4 is 5.19 Å². The number of hydrogen-bond donors (Lipinski definition) is 1. The molecule has 0 bridgehead atoms. The van der Waals surface area contributed by atoms with Gasteiger partial charge in [0.05, 0.1) is 19.3 Å². The van der Waals surface area contributed by atoms with Crippen LogP contribution in [0.15, 0.2) is 60.9 Å². The molecular formula is C41H54N4OSi. The summed E-state index contributed by atoms with van der Waals surface area (Å²) in [4.78, 5) is 15.2. The van der Waals surface area contributed by atoms with E-state index in [1.165, 1.54) is 16.3 Å². The molecule has 5 nitrogen and oxygen atoms in total. The Balaban J connectivity index is 1.80. The minimum Gasteiger partial charge on any atom is -0.507 e. The number of fused-ring (bicyclic) bond motifs is 1. The number of aromatic nitrogens is 4. The SMILES string of the molecule is CC(C)n1c(-c2cc(C(C)(C)C)cc(C(C)(C)C)c2O)nc2c(-c3cc(-c4ccc([Si](C)(C)C)cn4)cc(C(C)(C)C)c3)ccnc21. The Morgan fingerprint density at radius 1 is 0.702 bits per heavy atom. The van der Waals surface area contributed by atoms with Crippen molar-refractivity contribution in [1.82, 2.24) is 19.5 Å². The number of nitrogens with zero attached hydrogens (tertiary/aromatic N) is 4. The highest BCUT2D eigenvalue weighted by Gasteiger charge is 2.29. The zero-order valence-corrected chi connectivity index (χ0v) is 32.1. The summed E-state index contributed by atoms with van der Waals surface area (Å²) in [5, 5.41) is 13.2. The summed E-state index contributed by atoms with van der Waals surface area (Å²) in [7, 11) is -1.46. The molecule has 0 radical (unpaired) electrons. The average molecular weight is 647 g/mol. The molecular weight excluding hydrogens is 593 g/mol. The number of imidazole rings is 1. The summed E-state index contributed by atoms with van der Waals surface area (Å²) in [5.41, 5.74) is 9.45. The fraction of sp³-hybridized carbons (Fsp3) is 0.439. The Morgan fingerprint density at radius 3 is 1.85 bits per heavy atom. The smallest absolute Gasteiger partial charge is 0.161 e. The van der Waals surface area contributed by atoms with Gasteiger partial charge in [-0.2, -0.15) is 0 Å². The quantitative estimate of drug-likeness (QED) is 0.193. The normalized spacial score (nSPS) is 13.2. The van der Waals surface area contributed by atoms with Crippen LogP contribution in [0.4, 0.5) is 0 Å². The molecule has 3 aromatic heterocycles. The Kier molecular flexibility index (Phi) is 8.62. The van der Waals surface area contributed by atoms with E-state index in [0.29, 0.717) is 0 Å². The number of pyridine rings is 2. The van der Waals surface area contributed by atoms with Crippen molar-refractivity contribution in [3.63, 3.8) is 0 Å². The molecule has 0 spiro atoms. The fourth-order valence-electron chi connectivity index (χ4n) is 6.08. The molecule has 0 aliphatic rings. The van der Waals surface area contributed by atoms with Gasteiger partial charge in [-0.3, -0.25) is 4.98 Å². The lowest BCUT2D eigenvalue weighted by atomic mass is 9.79. The molecule has 6 heteroatoms.